The zero-order valence-electron chi connectivity index (χ0n) is 15.3. The predicted molar refractivity (Wildman–Crippen MR) is 97.0 cm³/mol. The van der Waals surface area contributed by atoms with E-state index in [1.54, 1.807) is 17.8 Å². The van der Waals surface area contributed by atoms with Crippen LogP contribution in [-0.4, -0.2) is 37.5 Å². The summed E-state index contributed by atoms with van der Waals surface area (Å²) >= 11 is 0. The van der Waals surface area contributed by atoms with Gasteiger partial charge in [-0.2, -0.15) is 10.1 Å². The van der Waals surface area contributed by atoms with E-state index in [1.165, 1.54) is 5.56 Å². The SMILES string of the molecule is Cc1noc(-c2ccc3c(c2)CC[C@H]3NC(=O)c2cnn(CCO)c2C)n1. The quantitative estimate of drug-likeness (QED) is 0.714. The number of aliphatic hydroxyl groups is 1. The fraction of sp³-hybridized carbons (Fsp3) is 0.368. The van der Waals surface area contributed by atoms with Crippen molar-refractivity contribution in [2.45, 2.75) is 39.3 Å². The normalized spacial score (nSPS) is 15.7. The van der Waals surface area contributed by atoms with E-state index in [1.807, 2.05) is 19.1 Å². The van der Waals surface area contributed by atoms with Gasteiger partial charge >= 0.3 is 0 Å². The van der Waals surface area contributed by atoms with Crippen LogP contribution in [0.15, 0.2) is 28.9 Å². The van der Waals surface area contributed by atoms with Gasteiger partial charge in [-0.05, 0) is 49.9 Å². The number of aliphatic hydroxyl groups excluding tert-OH is 1. The standard InChI is InChI=1S/C19H21N5O3/c1-11-16(10-20-24(11)7-8-25)18(26)22-17-6-4-13-9-14(3-5-15(13)17)19-21-12(2)23-27-19/h3,5,9-10,17,25H,4,6-8H2,1-2H3,(H,22,26)/t17-/m1/s1. The van der Waals surface area contributed by atoms with E-state index in [4.69, 9.17) is 9.63 Å². The van der Waals surface area contributed by atoms with Crippen LogP contribution in [0.5, 0.6) is 0 Å². The molecule has 0 saturated heterocycles. The first-order valence-electron chi connectivity index (χ1n) is 8.94. The second-order valence-electron chi connectivity index (χ2n) is 6.72. The van der Waals surface area contributed by atoms with E-state index in [0.29, 0.717) is 23.8 Å². The molecule has 3 aromatic rings. The number of rotatable bonds is 5. The first-order chi connectivity index (χ1) is 13.1. The van der Waals surface area contributed by atoms with Gasteiger partial charge in [-0.15, -0.1) is 0 Å². The second-order valence-corrected chi connectivity index (χ2v) is 6.72. The lowest BCUT2D eigenvalue weighted by atomic mass is 10.0. The molecule has 27 heavy (non-hydrogen) atoms. The number of hydrogen-bond donors (Lipinski definition) is 2. The maximum Gasteiger partial charge on any atom is 0.257 e. The molecule has 1 aliphatic carbocycles. The lowest BCUT2D eigenvalue weighted by molar-refractivity contribution is 0.0936. The third-order valence-corrected chi connectivity index (χ3v) is 4.96. The van der Waals surface area contributed by atoms with E-state index in [0.717, 1.165) is 29.7 Å². The van der Waals surface area contributed by atoms with Crippen LogP contribution in [0.25, 0.3) is 11.5 Å². The van der Waals surface area contributed by atoms with Gasteiger partial charge in [0.2, 0.25) is 0 Å². The molecule has 2 N–H and O–H groups in total. The van der Waals surface area contributed by atoms with Crippen molar-refractivity contribution >= 4 is 5.91 Å². The number of aromatic nitrogens is 4. The number of aryl methyl sites for hydroxylation is 2. The molecule has 4 rings (SSSR count). The molecule has 140 valence electrons. The van der Waals surface area contributed by atoms with Crippen molar-refractivity contribution in [3.8, 4) is 11.5 Å². The van der Waals surface area contributed by atoms with Crippen LogP contribution in [0.1, 0.15) is 45.5 Å². The highest BCUT2D eigenvalue weighted by Crippen LogP contribution is 2.34. The number of benzene rings is 1. The summed E-state index contributed by atoms with van der Waals surface area (Å²) in [5.74, 6) is 0.966. The van der Waals surface area contributed by atoms with E-state index < -0.39 is 0 Å². The van der Waals surface area contributed by atoms with Crippen molar-refractivity contribution in [1.82, 2.24) is 25.2 Å². The van der Waals surface area contributed by atoms with Crippen LogP contribution in [0.2, 0.25) is 0 Å². The van der Waals surface area contributed by atoms with Crippen molar-refractivity contribution in [3.05, 3.63) is 52.6 Å². The summed E-state index contributed by atoms with van der Waals surface area (Å²) in [6.07, 6.45) is 3.28. The lowest BCUT2D eigenvalue weighted by Crippen LogP contribution is -2.27. The van der Waals surface area contributed by atoms with Gasteiger partial charge in [-0.1, -0.05) is 11.2 Å². The maximum absolute atomic E-state index is 12.7. The number of carbonyl (C=O) groups is 1. The minimum Gasteiger partial charge on any atom is -0.394 e. The lowest BCUT2D eigenvalue weighted by Gasteiger charge is -2.14. The Morgan fingerprint density at radius 1 is 1.41 bits per heavy atom. The number of amides is 1. The molecule has 2 heterocycles. The minimum absolute atomic E-state index is 0.0124. The minimum atomic E-state index is -0.147. The molecule has 8 heteroatoms. The van der Waals surface area contributed by atoms with Gasteiger partial charge < -0.3 is 14.9 Å². The van der Waals surface area contributed by atoms with E-state index in [2.05, 4.69) is 26.6 Å². The number of hydrogen-bond acceptors (Lipinski definition) is 6. The van der Waals surface area contributed by atoms with Gasteiger partial charge in [-0.25, -0.2) is 0 Å². The molecule has 0 fully saturated rings. The van der Waals surface area contributed by atoms with Gasteiger partial charge in [0.15, 0.2) is 5.82 Å². The molecule has 0 aliphatic heterocycles. The molecule has 0 unspecified atom stereocenters. The van der Waals surface area contributed by atoms with Crippen molar-refractivity contribution in [2.24, 2.45) is 0 Å². The third-order valence-electron chi connectivity index (χ3n) is 4.96. The van der Waals surface area contributed by atoms with Crippen LogP contribution in [0.4, 0.5) is 0 Å². The zero-order chi connectivity index (χ0) is 19.0. The third kappa shape index (κ3) is 3.23. The largest absolute Gasteiger partial charge is 0.394 e. The Morgan fingerprint density at radius 3 is 3.00 bits per heavy atom. The van der Waals surface area contributed by atoms with E-state index in [-0.39, 0.29) is 18.6 Å². The van der Waals surface area contributed by atoms with E-state index in [9.17, 15) is 4.79 Å². The molecule has 0 radical (unpaired) electrons. The summed E-state index contributed by atoms with van der Waals surface area (Å²) in [6.45, 7) is 3.99. The van der Waals surface area contributed by atoms with Gasteiger partial charge in [-0.3, -0.25) is 9.48 Å². The van der Waals surface area contributed by atoms with Crippen LogP contribution in [0.3, 0.4) is 0 Å². The molecule has 1 aliphatic rings. The molecular weight excluding hydrogens is 346 g/mol. The first kappa shape index (κ1) is 17.4. The Bertz CT molecular complexity index is 991. The molecule has 0 saturated carbocycles. The predicted octanol–water partition coefficient (Wildman–Crippen LogP) is 1.96. The summed E-state index contributed by atoms with van der Waals surface area (Å²) in [4.78, 5) is 16.9. The van der Waals surface area contributed by atoms with E-state index >= 15 is 0 Å². The summed E-state index contributed by atoms with van der Waals surface area (Å²) in [7, 11) is 0. The van der Waals surface area contributed by atoms with Crippen LogP contribution in [0, 0.1) is 13.8 Å². The Morgan fingerprint density at radius 2 is 2.26 bits per heavy atom. The number of nitrogens with one attached hydrogen (secondary N) is 1. The summed E-state index contributed by atoms with van der Waals surface area (Å²) in [5, 5.41) is 20.2. The molecule has 2 aromatic heterocycles. The summed E-state index contributed by atoms with van der Waals surface area (Å²) in [6, 6.07) is 5.98. The van der Waals surface area contributed by atoms with Crippen molar-refractivity contribution in [2.75, 3.05) is 6.61 Å². The Labute approximate surface area is 156 Å². The number of fused-ring (bicyclic) bond motifs is 1. The van der Waals surface area contributed by atoms with Crippen molar-refractivity contribution in [1.29, 1.82) is 0 Å². The highest BCUT2D eigenvalue weighted by Gasteiger charge is 2.26. The fourth-order valence-corrected chi connectivity index (χ4v) is 3.54. The zero-order valence-corrected chi connectivity index (χ0v) is 15.3. The van der Waals surface area contributed by atoms with Crippen molar-refractivity contribution in [3.63, 3.8) is 0 Å². The number of carbonyl (C=O) groups excluding carboxylic acids is 1. The Kier molecular flexibility index (Phi) is 4.49. The highest BCUT2D eigenvalue weighted by atomic mass is 16.5. The van der Waals surface area contributed by atoms with Crippen LogP contribution in [-0.2, 0) is 13.0 Å². The smallest absolute Gasteiger partial charge is 0.257 e. The van der Waals surface area contributed by atoms with Gasteiger partial charge in [0, 0.05) is 11.3 Å². The topological polar surface area (TPSA) is 106 Å². The molecular formula is C19H21N5O3. The second kappa shape index (κ2) is 6.96. The first-order valence-corrected chi connectivity index (χ1v) is 8.94. The van der Waals surface area contributed by atoms with Gasteiger partial charge in [0.1, 0.15) is 0 Å². The molecule has 1 aromatic carbocycles. The molecule has 1 amide bonds. The molecule has 8 nitrogen and oxygen atoms in total. The molecule has 0 bridgehead atoms. The Hall–Kier alpha value is -3.00. The Balaban J connectivity index is 1.52. The number of nitrogens with zero attached hydrogens (tertiary/aromatic N) is 4. The summed E-state index contributed by atoms with van der Waals surface area (Å²) < 4.78 is 6.87. The maximum atomic E-state index is 12.7. The average molecular weight is 367 g/mol. The van der Waals surface area contributed by atoms with Crippen LogP contribution < -0.4 is 5.32 Å². The van der Waals surface area contributed by atoms with Crippen molar-refractivity contribution < 1.29 is 14.4 Å². The fourth-order valence-electron chi connectivity index (χ4n) is 3.54. The van der Waals surface area contributed by atoms with Crippen LogP contribution >= 0.6 is 0 Å². The summed E-state index contributed by atoms with van der Waals surface area (Å²) in [5.41, 5.74) is 4.48. The van der Waals surface area contributed by atoms with Gasteiger partial charge in [0.25, 0.3) is 11.8 Å². The highest BCUT2D eigenvalue weighted by molar-refractivity contribution is 5.95. The molecule has 0 spiro atoms. The monoisotopic (exact) mass is 367 g/mol. The molecule has 1 atom stereocenters. The van der Waals surface area contributed by atoms with Gasteiger partial charge in [0.05, 0.1) is 31.0 Å². The average Bonchev–Trinajstić information content (AvgIpc) is 3.35.